The van der Waals surface area contributed by atoms with Crippen molar-refractivity contribution in [2.24, 2.45) is 28.0 Å². The lowest BCUT2D eigenvalue weighted by Crippen LogP contribution is -2.59. The quantitative estimate of drug-likeness (QED) is 0.659. The zero-order valence-corrected chi connectivity index (χ0v) is 13.2. The highest BCUT2D eigenvalue weighted by molar-refractivity contribution is 5.22. The largest absolute Gasteiger partial charge is 0.271 e. The molecular weight excluding hydrogens is 258 g/mol. The van der Waals surface area contributed by atoms with Crippen LogP contribution in [0.5, 0.6) is 0 Å². The molecule has 4 fully saturated rings. The van der Waals surface area contributed by atoms with Crippen LogP contribution in [-0.4, -0.2) is 4.98 Å². The summed E-state index contributed by atoms with van der Waals surface area (Å²) in [6.07, 6.45) is 12.1. The summed E-state index contributed by atoms with van der Waals surface area (Å²) in [5, 5.41) is 0. The second kappa shape index (κ2) is 4.30. The average Bonchev–Trinajstić information content (AvgIpc) is 2.36. The molecule has 3 N–H and O–H groups in total. The minimum absolute atomic E-state index is 0.244. The Labute approximate surface area is 127 Å². The van der Waals surface area contributed by atoms with Crippen LogP contribution in [0.25, 0.3) is 0 Å². The highest BCUT2D eigenvalue weighted by Gasteiger charge is 2.62. The zero-order chi connectivity index (χ0) is 14.7. The average molecular weight is 285 g/mol. The minimum Gasteiger partial charge on any atom is -0.271 e. The summed E-state index contributed by atoms with van der Waals surface area (Å²) < 4.78 is 0. The molecule has 0 spiro atoms. The first-order valence-electron chi connectivity index (χ1n) is 8.32. The van der Waals surface area contributed by atoms with E-state index >= 15 is 0 Å². The Morgan fingerprint density at radius 3 is 2.43 bits per heavy atom. The minimum atomic E-state index is 0.244. The molecule has 3 unspecified atom stereocenters. The van der Waals surface area contributed by atoms with E-state index in [0.717, 1.165) is 5.92 Å². The van der Waals surface area contributed by atoms with Gasteiger partial charge in [0.1, 0.15) is 0 Å². The zero-order valence-electron chi connectivity index (χ0n) is 13.2. The Bertz CT molecular complexity index is 523. The first-order chi connectivity index (χ1) is 9.96. The second-order valence-corrected chi connectivity index (χ2v) is 8.88. The highest BCUT2D eigenvalue weighted by Crippen LogP contribution is 2.72. The first kappa shape index (κ1) is 13.7. The molecule has 0 amide bonds. The van der Waals surface area contributed by atoms with Gasteiger partial charge in [-0.15, -0.1) is 0 Å². The number of rotatable bonds is 3. The number of hydrazine groups is 1. The smallest absolute Gasteiger partial charge is 0.0531 e. The summed E-state index contributed by atoms with van der Waals surface area (Å²) in [6, 6.07) is 4.46. The van der Waals surface area contributed by atoms with Crippen LogP contribution in [0.3, 0.4) is 0 Å². The Hall–Kier alpha value is -0.930. The van der Waals surface area contributed by atoms with Gasteiger partial charge in [0.05, 0.1) is 6.04 Å². The lowest BCUT2D eigenvalue weighted by molar-refractivity contribution is -0.158. The van der Waals surface area contributed by atoms with Gasteiger partial charge in [-0.2, -0.15) is 0 Å². The summed E-state index contributed by atoms with van der Waals surface area (Å²) in [5.74, 6) is 6.93. The van der Waals surface area contributed by atoms with E-state index in [-0.39, 0.29) is 6.04 Å². The second-order valence-electron chi connectivity index (χ2n) is 8.88. The van der Waals surface area contributed by atoms with E-state index in [1.807, 2.05) is 18.5 Å². The molecule has 0 aliphatic heterocycles. The van der Waals surface area contributed by atoms with Crippen LogP contribution in [-0.2, 0) is 0 Å². The number of hydrogen-bond donors (Lipinski definition) is 2. The van der Waals surface area contributed by atoms with Crippen LogP contribution in [0, 0.1) is 22.2 Å². The highest BCUT2D eigenvalue weighted by atomic mass is 15.2. The normalized spacial score (nSPS) is 45.8. The molecule has 0 saturated heterocycles. The van der Waals surface area contributed by atoms with Gasteiger partial charge < -0.3 is 0 Å². The maximum atomic E-state index is 6.03. The topological polar surface area (TPSA) is 50.9 Å². The maximum absolute atomic E-state index is 6.03. The lowest BCUT2D eigenvalue weighted by Gasteiger charge is -2.67. The van der Waals surface area contributed by atoms with Crippen molar-refractivity contribution in [3.8, 4) is 0 Å². The third kappa shape index (κ3) is 2.05. The van der Waals surface area contributed by atoms with E-state index in [1.54, 1.807) is 0 Å². The van der Waals surface area contributed by atoms with Crippen LogP contribution in [0.1, 0.15) is 64.0 Å². The summed E-state index contributed by atoms with van der Waals surface area (Å²) >= 11 is 0. The molecule has 1 aromatic heterocycles. The van der Waals surface area contributed by atoms with E-state index in [9.17, 15) is 0 Å². The molecule has 0 radical (unpaired) electrons. The van der Waals surface area contributed by atoms with Crippen molar-refractivity contribution in [3.63, 3.8) is 0 Å². The van der Waals surface area contributed by atoms with Crippen molar-refractivity contribution >= 4 is 0 Å². The van der Waals surface area contributed by atoms with Crippen molar-refractivity contribution in [1.29, 1.82) is 0 Å². The molecule has 3 atom stereocenters. The van der Waals surface area contributed by atoms with Gasteiger partial charge in [0.15, 0.2) is 0 Å². The van der Waals surface area contributed by atoms with Gasteiger partial charge in [-0.05, 0) is 72.3 Å². The van der Waals surface area contributed by atoms with E-state index in [2.05, 4.69) is 30.3 Å². The molecule has 1 aromatic rings. The monoisotopic (exact) mass is 285 g/mol. The molecule has 4 bridgehead atoms. The molecule has 5 rings (SSSR count). The van der Waals surface area contributed by atoms with Crippen LogP contribution in [0.15, 0.2) is 24.5 Å². The van der Waals surface area contributed by atoms with Gasteiger partial charge in [-0.25, -0.2) is 0 Å². The fraction of sp³-hybridized carbons (Fsp3) is 0.722. The van der Waals surface area contributed by atoms with Crippen molar-refractivity contribution in [1.82, 2.24) is 10.4 Å². The number of pyridine rings is 1. The number of nitrogens with two attached hydrogens (primary N) is 1. The molecule has 1 heterocycles. The number of nitrogens with one attached hydrogen (secondary N) is 1. The van der Waals surface area contributed by atoms with Gasteiger partial charge in [0.2, 0.25) is 0 Å². The Kier molecular flexibility index (Phi) is 2.81. The molecular formula is C18H27N3. The van der Waals surface area contributed by atoms with Crippen molar-refractivity contribution < 1.29 is 0 Å². The number of aromatic nitrogens is 1. The standard InChI is InChI=1S/C18H27N3/c1-16-6-13-7-17(2,10-16)12-18(8-13,11-16)15(21-19)14-4-3-5-20-9-14/h3-5,9,13,15,21H,6-8,10-12,19H2,1-2H3. The molecule has 0 aromatic carbocycles. The molecule has 4 saturated carbocycles. The van der Waals surface area contributed by atoms with Crippen molar-refractivity contribution in [2.75, 3.05) is 0 Å². The van der Waals surface area contributed by atoms with Crippen molar-refractivity contribution in [2.45, 2.75) is 58.4 Å². The lowest BCUT2D eigenvalue weighted by atomic mass is 9.39. The van der Waals surface area contributed by atoms with Gasteiger partial charge >= 0.3 is 0 Å². The van der Waals surface area contributed by atoms with Gasteiger partial charge in [0, 0.05) is 12.4 Å². The molecule has 3 heteroatoms. The van der Waals surface area contributed by atoms with Crippen LogP contribution in [0.4, 0.5) is 0 Å². The fourth-order valence-corrected chi connectivity index (χ4v) is 7.03. The fourth-order valence-electron chi connectivity index (χ4n) is 7.03. The summed E-state index contributed by atoms with van der Waals surface area (Å²) in [6.45, 7) is 5.03. The Balaban J connectivity index is 1.76. The van der Waals surface area contributed by atoms with E-state index < -0.39 is 0 Å². The van der Waals surface area contributed by atoms with E-state index in [1.165, 1.54) is 44.1 Å². The van der Waals surface area contributed by atoms with Crippen LogP contribution >= 0.6 is 0 Å². The predicted octanol–water partition coefficient (Wildman–Crippen LogP) is 3.58. The Morgan fingerprint density at radius 2 is 1.90 bits per heavy atom. The summed E-state index contributed by atoms with van der Waals surface area (Å²) in [5.41, 5.74) is 5.79. The maximum Gasteiger partial charge on any atom is 0.0531 e. The third-order valence-corrected chi connectivity index (χ3v) is 6.47. The molecule has 4 aliphatic rings. The van der Waals surface area contributed by atoms with Gasteiger partial charge in [0.25, 0.3) is 0 Å². The van der Waals surface area contributed by atoms with E-state index in [0.29, 0.717) is 16.2 Å². The Morgan fingerprint density at radius 1 is 1.19 bits per heavy atom. The molecule has 114 valence electrons. The summed E-state index contributed by atoms with van der Waals surface area (Å²) in [7, 11) is 0. The first-order valence-corrected chi connectivity index (χ1v) is 8.32. The number of hydrogen-bond acceptors (Lipinski definition) is 3. The van der Waals surface area contributed by atoms with Crippen LogP contribution < -0.4 is 11.3 Å². The molecule has 21 heavy (non-hydrogen) atoms. The summed E-state index contributed by atoms with van der Waals surface area (Å²) in [4.78, 5) is 4.32. The third-order valence-electron chi connectivity index (χ3n) is 6.47. The van der Waals surface area contributed by atoms with Gasteiger partial charge in [-0.3, -0.25) is 16.3 Å². The number of nitrogens with zero attached hydrogens (tertiary/aromatic N) is 1. The van der Waals surface area contributed by atoms with Crippen LogP contribution in [0.2, 0.25) is 0 Å². The SMILES string of the molecule is CC12CC3CC(C)(C1)CC(C(NN)c1cccnc1)(C3)C2. The van der Waals surface area contributed by atoms with Crippen molar-refractivity contribution in [3.05, 3.63) is 30.1 Å². The molecule has 4 aliphatic carbocycles. The molecule has 3 nitrogen and oxygen atoms in total. The predicted molar refractivity (Wildman–Crippen MR) is 84.1 cm³/mol. The van der Waals surface area contributed by atoms with E-state index in [4.69, 9.17) is 5.84 Å². The van der Waals surface area contributed by atoms with Gasteiger partial charge in [-0.1, -0.05) is 19.9 Å².